The Hall–Kier alpha value is 0.354. The predicted octanol–water partition coefficient (Wildman–Crippen LogP) is 8.15. The predicted molar refractivity (Wildman–Crippen MR) is 123 cm³/mol. The van der Waals surface area contributed by atoms with E-state index in [2.05, 4.69) is 41.5 Å². The van der Waals surface area contributed by atoms with Gasteiger partial charge in [0.1, 0.15) is 0 Å². The zero-order chi connectivity index (χ0) is 19.7. The number of hydrogen-bond acceptors (Lipinski definition) is 2. The molecule has 0 aromatic heterocycles. The van der Waals surface area contributed by atoms with Crippen LogP contribution in [0.1, 0.15) is 92.9 Å². The van der Waals surface area contributed by atoms with Crippen LogP contribution in [0.2, 0.25) is 36.3 Å². The fourth-order valence-corrected chi connectivity index (χ4v) is 15.5. The Bertz CT molecular complexity index is 265. The molecular formula is C22H50O2Si2. The molecule has 26 heavy (non-hydrogen) atoms. The van der Waals surface area contributed by atoms with Gasteiger partial charge in [0.15, 0.2) is 16.6 Å². The molecule has 0 aliphatic heterocycles. The Labute approximate surface area is 168 Å². The van der Waals surface area contributed by atoms with E-state index < -0.39 is 16.6 Å². The molecule has 0 amide bonds. The molecule has 0 aliphatic rings. The first-order valence-corrected chi connectivity index (χ1v) is 16.9. The van der Waals surface area contributed by atoms with Crippen LogP contribution >= 0.6 is 0 Å². The quantitative estimate of drug-likeness (QED) is 0.203. The van der Waals surface area contributed by atoms with Gasteiger partial charge >= 0.3 is 0 Å². The van der Waals surface area contributed by atoms with Crippen molar-refractivity contribution in [1.82, 2.24) is 0 Å². The molecule has 0 saturated heterocycles. The molecule has 0 fully saturated rings. The van der Waals surface area contributed by atoms with Crippen molar-refractivity contribution in [2.24, 2.45) is 0 Å². The van der Waals surface area contributed by atoms with Crippen LogP contribution in [0.15, 0.2) is 0 Å². The molecule has 0 bridgehead atoms. The van der Waals surface area contributed by atoms with Gasteiger partial charge in [-0.15, -0.1) is 0 Å². The van der Waals surface area contributed by atoms with Gasteiger partial charge in [-0.25, -0.2) is 0 Å². The average molecular weight is 403 g/mol. The highest BCUT2D eigenvalue weighted by molar-refractivity contribution is 6.79. The van der Waals surface area contributed by atoms with Crippen LogP contribution in [0.3, 0.4) is 0 Å². The van der Waals surface area contributed by atoms with Crippen molar-refractivity contribution in [3.05, 3.63) is 0 Å². The SMILES string of the molecule is CCCC[Si](CCCC)(CC[Si](CCCC)(CCCC)OCC)OCC. The summed E-state index contributed by atoms with van der Waals surface area (Å²) in [5.74, 6) is 0. The van der Waals surface area contributed by atoms with Gasteiger partial charge in [-0.1, -0.05) is 79.1 Å². The van der Waals surface area contributed by atoms with Gasteiger partial charge in [0.2, 0.25) is 0 Å². The molecule has 0 unspecified atom stereocenters. The van der Waals surface area contributed by atoms with Crippen LogP contribution in [-0.2, 0) is 8.85 Å². The van der Waals surface area contributed by atoms with Crippen LogP contribution in [-0.4, -0.2) is 29.8 Å². The molecule has 158 valence electrons. The maximum Gasteiger partial charge on any atom is 0.192 e. The fourth-order valence-electron chi connectivity index (χ4n) is 4.25. The van der Waals surface area contributed by atoms with Crippen molar-refractivity contribution in [3.8, 4) is 0 Å². The molecule has 4 heteroatoms. The van der Waals surface area contributed by atoms with Gasteiger partial charge in [0.25, 0.3) is 0 Å². The van der Waals surface area contributed by atoms with Gasteiger partial charge in [0.05, 0.1) is 0 Å². The van der Waals surface area contributed by atoms with Crippen LogP contribution in [0.4, 0.5) is 0 Å². The molecule has 0 saturated carbocycles. The third-order valence-corrected chi connectivity index (χ3v) is 15.6. The molecule has 0 N–H and O–H groups in total. The molecule has 0 rings (SSSR count). The molecule has 0 aromatic carbocycles. The monoisotopic (exact) mass is 402 g/mol. The van der Waals surface area contributed by atoms with Crippen LogP contribution < -0.4 is 0 Å². The van der Waals surface area contributed by atoms with Crippen LogP contribution in [0, 0.1) is 0 Å². The second-order valence-corrected chi connectivity index (χ2v) is 16.5. The summed E-state index contributed by atoms with van der Waals surface area (Å²) in [5.41, 5.74) is 0. The second kappa shape index (κ2) is 16.3. The van der Waals surface area contributed by atoms with E-state index in [0.29, 0.717) is 0 Å². The number of unbranched alkanes of at least 4 members (excludes halogenated alkanes) is 4. The topological polar surface area (TPSA) is 18.5 Å². The second-order valence-electron chi connectivity index (χ2n) is 8.15. The van der Waals surface area contributed by atoms with Crippen molar-refractivity contribution in [1.29, 1.82) is 0 Å². The third kappa shape index (κ3) is 10.6. The van der Waals surface area contributed by atoms with Crippen molar-refractivity contribution in [3.63, 3.8) is 0 Å². The minimum absolute atomic E-state index is 0.909. The molecule has 0 atom stereocenters. The molecule has 0 aromatic rings. The van der Waals surface area contributed by atoms with Gasteiger partial charge in [0, 0.05) is 13.2 Å². The Morgan fingerprint density at radius 2 is 0.692 bits per heavy atom. The lowest BCUT2D eigenvalue weighted by molar-refractivity contribution is 0.306. The minimum Gasteiger partial charge on any atom is -0.417 e. The minimum atomic E-state index is -1.60. The first kappa shape index (κ1) is 26.4. The first-order valence-electron chi connectivity index (χ1n) is 11.8. The molecule has 2 nitrogen and oxygen atoms in total. The summed E-state index contributed by atoms with van der Waals surface area (Å²) in [6.45, 7) is 15.5. The molecular weight excluding hydrogens is 352 g/mol. The Morgan fingerprint density at radius 1 is 0.423 bits per heavy atom. The standard InChI is InChI=1S/C22H50O2Si2/c1-7-13-17-25(23-11-5,18-14-8-2)21-22-26(24-12-6,19-15-9-3)20-16-10-4/h7-22H2,1-6H3. The summed E-state index contributed by atoms with van der Waals surface area (Å²) >= 11 is 0. The smallest absolute Gasteiger partial charge is 0.192 e. The summed E-state index contributed by atoms with van der Waals surface area (Å²) < 4.78 is 13.2. The Kier molecular flexibility index (Phi) is 16.5. The molecule has 0 heterocycles. The van der Waals surface area contributed by atoms with Gasteiger partial charge in [-0.3, -0.25) is 0 Å². The number of rotatable bonds is 19. The highest BCUT2D eigenvalue weighted by atomic mass is 28.4. The van der Waals surface area contributed by atoms with E-state index in [4.69, 9.17) is 8.85 Å². The van der Waals surface area contributed by atoms with E-state index in [0.717, 1.165) is 13.2 Å². The lowest BCUT2D eigenvalue weighted by Crippen LogP contribution is -2.44. The average Bonchev–Trinajstić information content (AvgIpc) is 2.66. The summed E-state index contributed by atoms with van der Waals surface area (Å²) in [5, 5.41) is 0. The maximum atomic E-state index is 6.62. The largest absolute Gasteiger partial charge is 0.417 e. The third-order valence-electron chi connectivity index (χ3n) is 5.88. The zero-order valence-corrected chi connectivity index (χ0v) is 21.1. The van der Waals surface area contributed by atoms with Crippen LogP contribution in [0.5, 0.6) is 0 Å². The van der Waals surface area contributed by atoms with Gasteiger partial charge in [-0.05, 0) is 50.1 Å². The normalized spacial score (nSPS) is 12.7. The van der Waals surface area contributed by atoms with E-state index in [-0.39, 0.29) is 0 Å². The molecule has 0 spiro atoms. The van der Waals surface area contributed by atoms with E-state index in [1.54, 1.807) is 0 Å². The van der Waals surface area contributed by atoms with Crippen molar-refractivity contribution >= 4 is 16.6 Å². The van der Waals surface area contributed by atoms with Crippen LogP contribution in [0.25, 0.3) is 0 Å². The highest BCUT2D eigenvalue weighted by Crippen LogP contribution is 2.36. The highest BCUT2D eigenvalue weighted by Gasteiger charge is 2.40. The summed E-state index contributed by atoms with van der Waals surface area (Å²) in [4.78, 5) is 0. The Balaban J connectivity index is 5.27. The Morgan fingerprint density at radius 3 is 0.885 bits per heavy atom. The van der Waals surface area contributed by atoms with Crippen molar-refractivity contribution in [2.75, 3.05) is 13.2 Å². The maximum absolute atomic E-state index is 6.62. The van der Waals surface area contributed by atoms with Gasteiger partial charge < -0.3 is 8.85 Å². The molecule has 0 aliphatic carbocycles. The van der Waals surface area contributed by atoms with Crippen molar-refractivity contribution in [2.45, 2.75) is 129 Å². The van der Waals surface area contributed by atoms with E-state index >= 15 is 0 Å². The van der Waals surface area contributed by atoms with E-state index in [9.17, 15) is 0 Å². The molecule has 0 radical (unpaired) electrons. The first-order chi connectivity index (χ1) is 12.6. The lowest BCUT2D eigenvalue weighted by Gasteiger charge is -2.37. The summed E-state index contributed by atoms with van der Waals surface area (Å²) in [6, 6.07) is 8.21. The summed E-state index contributed by atoms with van der Waals surface area (Å²) in [6.07, 6.45) is 10.6. The lowest BCUT2D eigenvalue weighted by atomic mass is 10.4. The van der Waals surface area contributed by atoms with E-state index in [1.165, 1.54) is 87.6 Å². The number of hydrogen-bond donors (Lipinski definition) is 0. The summed E-state index contributed by atoms with van der Waals surface area (Å²) in [7, 11) is -3.20. The van der Waals surface area contributed by atoms with E-state index in [1.807, 2.05) is 0 Å². The fraction of sp³-hybridized carbons (Fsp3) is 1.00. The van der Waals surface area contributed by atoms with Crippen molar-refractivity contribution < 1.29 is 8.85 Å². The van der Waals surface area contributed by atoms with Gasteiger partial charge in [-0.2, -0.15) is 0 Å². The zero-order valence-electron chi connectivity index (χ0n) is 19.1.